The molecule has 3 rings (SSSR count). The van der Waals surface area contributed by atoms with Crippen molar-refractivity contribution >= 4 is 29.3 Å². The van der Waals surface area contributed by atoms with Gasteiger partial charge in [-0.15, -0.1) is 11.8 Å². The highest BCUT2D eigenvalue weighted by Gasteiger charge is 2.27. The van der Waals surface area contributed by atoms with Gasteiger partial charge < -0.3 is 15.5 Å². The maximum Gasteiger partial charge on any atom is 0.254 e. The molecule has 5 nitrogen and oxygen atoms in total. The fraction of sp³-hybridized carbons (Fsp3) is 0.467. The van der Waals surface area contributed by atoms with Crippen LogP contribution in [0.25, 0.3) is 0 Å². The lowest BCUT2D eigenvalue weighted by Gasteiger charge is -2.34. The average molecular weight is 305 g/mol. The first-order chi connectivity index (χ1) is 10.1. The van der Waals surface area contributed by atoms with E-state index in [1.165, 1.54) is 11.8 Å². The Hall–Kier alpha value is -1.53. The smallest absolute Gasteiger partial charge is 0.254 e. The lowest BCUT2D eigenvalue weighted by Crippen LogP contribution is -2.52. The summed E-state index contributed by atoms with van der Waals surface area (Å²) in [4.78, 5) is 27.3. The topological polar surface area (TPSA) is 61.4 Å². The number of carbonyl (C=O) groups excluding carboxylic acids is 2. The first-order valence-corrected chi connectivity index (χ1v) is 8.07. The van der Waals surface area contributed by atoms with Gasteiger partial charge in [0.25, 0.3) is 5.91 Å². The van der Waals surface area contributed by atoms with E-state index in [2.05, 4.69) is 10.6 Å². The van der Waals surface area contributed by atoms with Crippen LogP contribution in [0, 0.1) is 0 Å². The Bertz CT molecular complexity index is 590. The predicted molar refractivity (Wildman–Crippen MR) is 83.8 cm³/mol. The molecule has 112 valence electrons. The van der Waals surface area contributed by atoms with E-state index in [1.54, 1.807) is 6.07 Å². The highest BCUT2D eigenvalue weighted by Crippen LogP contribution is 2.36. The Kier molecular flexibility index (Phi) is 3.91. The molecule has 0 aliphatic carbocycles. The lowest BCUT2D eigenvalue weighted by atomic mass is 10.1. The first kappa shape index (κ1) is 14.4. The minimum absolute atomic E-state index is 0.00682. The minimum Gasteiger partial charge on any atom is -0.333 e. The number of rotatable bonds is 1. The third kappa shape index (κ3) is 2.78. The van der Waals surface area contributed by atoms with Gasteiger partial charge in [-0.1, -0.05) is 0 Å². The lowest BCUT2D eigenvalue weighted by molar-refractivity contribution is -0.115. The Morgan fingerprint density at radius 1 is 1.38 bits per heavy atom. The van der Waals surface area contributed by atoms with Crippen molar-refractivity contribution in [2.75, 3.05) is 25.0 Å². The summed E-state index contributed by atoms with van der Waals surface area (Å²) in [7, 11) is 0. The number of nitrogens with one attached hydrogen (secondary N) is 2. The van der Waals surface area contributed by atoms with Crippen molar-refractivity contribution in [2.24, 2.45) is 0 Å². The second-order valence-electron chi connectivity index (χ2n) is 5.51. The molecular formula is C15H19N3O2S. The van der Waals surface area contributed by atoms with Gasteiger partial charge in [0, 0.05) is 36.1 Å². The Morgan fingerprint density at radius 3 is 2.95 bits per heavy atom. The summed E-state index contributed by atoms with van der Waals surface area (Å²) >= 11 is 1.53. The van der Waals surface area contributed by atoms with Crippen molar-refractivity contribution in [3.05, 3.63) is 23.8 Å². The van der Waals surface area contributed by atoms with Crippen LogP contribution in [0.2, 0.25) is 0 Å². The van der Waals surface area contributed by atoms with Crippen LogP contribution < -0.4 is 10.6 Å². The summed E-state index contributed by atoms with van der Waals surface area (Å²) in [5.74, 6) is 0.0253. The zero-order chi connectivity index (χ0) is 15.0. The summed E-state index contributed by atoms with van der Waals surface area (Å²) in [5, 5.41) is 6.06. The highest BCUT2D eigenvalue weighted by molar-refractivity contribution is 8.00. The van der Waals surface area contributed by atoms with Gasteiger partial charge in [-0.2, -0.15) is 0 Å². The summed E-state index contributed by atoms with van der Waals surface area (Å²) in [6, 6.07) is 5.76. The summed E-state index contributed by atoms with van der Waals surface area (Å²) in [5.41, 5.74) is 1.38. The zero-order valence-corrected chi connectivity index (χ0v) is 13.0. The maximum atomic E-state index is 12.6. The summed E-state index contributed by atoms with van der Waals surface area (Å²) < 4.78 is 0. The number of amides is 2. The van der Waals surface area contributed by atoms with Gasteiger partial charge in [0.15, 0.2) is 0 Å². The van der Waals surface area contributed by atoms with Crippen LogP contribution in [0.3, 0.4) is 0 Å². The molecular weight excluding hydrogens is 286 g/mol. The monoisotopic (exact) mass is 305 g/mol. The van der Waals surface area contributed by atoms with Gasteiger partial charge in [0.2, 0.25) is 5.91 Å². The van der Waals surface area contributed by atoms with Gasteiger partial charge in [-0.3, -0.25) is 9.59 Å². The van der Waals surface area contributed by atoms with Crippen LogP contribution >= 0.6 is 11.8 Å². The minimum atomic E-state index is -0.0905. The van der Waals surface area contributed by atoms with Crippen molar-refractivity contribution in [1.82, 2.24) is 10.2 Å². The number of piperazine rings is 1. The van der Waals surface area contributed by atoms with Crippen LogP contribution in [0.5, 0.6) is 0 Å². The van der Waals surface area contributed by atoms with Crippen LogP contribution in [0.15, 0.2) is 23.1 Å². The van der Waals surface area contributed by atoms with E-state index in [4.69, 9.17) is 0 Å². The molecule has 1 fully saturated rings. The van der Waals surface area contributed by atoms with Crippen LogP contribution in [0.4, 0.5) is 5.69 Å². The van der Waals surface area contributed by atoms with Gasteiger partial charge in [0.1, 0.15) is 0 Å². The quantitative estimate of drug-likeness (QED) is 0.826. The summed E-state index contributed by atoms with van der Waals surface area (Å²) in [6.07, 6.45) is 0. The SMILES string of the molecule is CC1Sc2ccc(C(=O)N3CCNC[C@@H]3C)cc2NC1=O. The second-order valence-corrected chi connectivity index (χ2v) is 6.89. The second kappa shape index (κ2) is 5.69. The number of thioether (sulfide) groups is 1. The number of anilines is 1. The van der Waals surface area contributed by atoms with Crippen molar-refractivity contribution in [3.8, 4) is 0 Å². The number of carbonyl (C=O) groups is 2. The van der Waals surface area contributed by atoms with E-state index in [-0.39, 0.29) is 23.1 Å². The van der Waals surface area contributed by atoms with Crippen molar-refractivity contribution < 1.29 is 9.59 Å². The molecule has 1 aromatic carbocycles. The number of benzene rings is 1. The molecule has 2 N–H and O–H groups in total. The van der Waals surface area contributed by atoms with Gasteiger partial charge in [0.05, 0.1) is 10.9 Å². The van der Waals surface area contributed by atoms with E-state index < -0.39 is 0 Å². The number of nitrogens with zero attached hydrogens (tertiary/aromatic N) is 1. The molecule has 1 saturated heterocycles. The molecule has 2 aliphatic rings. The van der Waals surface area contributed by atoms with Crippen molar-refractivity contribution in [3.63, 3.8) is 0 Å². The van der Waals surface area contributed by atoms with Crippen LogP contribution in [0.1, 0.15) is 24.2 Å². The number of fused-ring (bicyclic) bond motifs is 1. The molecule has 1 unspecified atom stereocenters. The highest BCUT2D eigenvalue weighted by atomic mass is 32.2. The standard InChI is InChI=1S/C15H19N3O2S/c1-9-8-16-5-6-18(9)15(20)11-3-4-13-12(7-11)17-14(19)10(2)21-13/h3-4,7,9-10,16H,5-6,8H2,1-2H3,(H,17,19)/t9-,10?/m0/s1. The normalized spacial score (nSPS) is 25.2. The van der Waals surface area contributed by atoms with E-state index in [0.29, 0.717) is 5.56 Å². The molecule has 2 aliphatic heterocycles. The van der Waals surface area contributed by atoms with E-state index in [9.17, 15) is 9.59 Å². The first-order valence-electron chi connectivity index (χ1n) is 7.19. The molecule has 0 radical (unpaired) electrons. The molecule has 6 heteroatoms. The Morgan fingerprint density at radius 2 is 2.19 bits per heavy atom. The molecule has 0 saturated carbocycles. The third-order valence-corrected chi connectivity index (χ3v) is 5.10. The molecule has 2 atom stereocenters. The van der Waals surface area contributed by atoms with E-state index in [1.807, 2.05) is 30.9 Å². The molecule has 2 heterocycles. The number of hydrogen-bond donors (Lipinski definition) is 2. The van der Waals surface area contributed by atoms with Crippen molar-refractivity contribution in [2.45, 2.75) is 30.0 Å². The predicted octanol–water partition coefficient (Wildman–Crippen LogP) is 1.55. The average Bonchev–Trinajstić information content (AvgIpc) is 2.48. The van der Waals surface area contributed by atoms with Crippen LogP contribution in [-0.2, 0) is 4.79 Å². The van der Waals surface area contributed by atoms with E-state index in [0.717, 1.165) is 30.2 Å². The fourth-order valence-corrected chi connectivity index (χ4v) is 3.58. The third-order valence-electron chi connectivity index (χ3n) is 3.92. The molecule has 0 aromatic heterocycles. The molecule has 2 amide bonds. The van der Waals surface area contributed by atoms with Gasteiger partial charge in [-0.25, -0.2) is 0 Å². The zero-order valence-electron chi connectivity index (χ0n) is 12.2. The Labute approximate surface area is 128 Å². The summed E-state index contributed by atoms with van der Waals surface area (Å²) in [6.45, 7) is 6.29. The van der Waals surface area contributed by atoms with Crippen molar-refractivity contribution in [1.29, 1.82) is 0 Å². The molecule has 0 bridgehead atoms. The molecule has 21 heavy (non-hydrogen) atoms. The molecule has 1 aromatic rings. The fourth-order valence-electron chi connectivity index (χ4n) is 2.65. The largest absolute Gasteiger partial charge is 0.333 e. The maximum absolute atomic E-state index is 12.6. The number of hydrogen-bond acceptors (Lipinski definition) is 4. The molecule has 0 spiro atoms. The van der Waals surface area contributed by atoms with Crippen LogP contribution in [-0.4, -0.2) is 47.6 Å². The van der Waals surface area contributed by atoms with E-state index >= 15 is 0 Å². The van der Waals surface area contributed by atoms with Gasteiger partial charge >= 0.3 is 0 Å². The Balaban J connectivity index is 1.85. The van der Waals surface area contributed by atoms with Gasteiger partial charge in [-0.05, 0) is 32.0 Å².